The lowest BCUT2D eigenvalue weighted by Gasteiger charge is -2.32. The van der Waals surface area contributed by atoms with Gasteiger partial charge in [0, 0.05) is 35.9 Å². The normalized spacial score (nSPS) is 14.4. The first-order valence-electron chi connectivity index (χ1n) is 8.84. The van der Waals surface area contributed by atoms with Crippen LogP contribution in [0.15, 0.2) is 54.6 Å². The van der Waals surface area contributed by atoms with Crippen LogP contribution in [0.4, 0.5) is 10.5 Å². The van der Waals surface area contributed by atoms with E-state index in [-0.39, 0.29) is 17.9 Å². The average molecular weight is 366 g/mol. The van der Waals surface area contributed by atoms with Gasteiger partial charge in [-0.2, -0.15) is 0 Å². The number of carbonyl (C=O) groups excluding carboxylic acids is 3. The minimum atomic E-state index is -0.672. The second-order valence-corrected chi connectivity index (χ2v) is 6.48. The van der Waals surface area contributed by atoms with Crippen molar-refractivity contribution in [2.24, 2.45) is 5.73 Å². The van der Waals surface area contributed by atoms with E-state index < -0.39 is 6.03 Å². The van der Waals surface area contributed by atoms with E-state index in [0.29, 0.717) is 42.7 Å². The van der Waals surface area contributed by atoms with Gasteiger partial charge in [-0.1, -0.05) is 24.3 Å². The first-order chi connectivity index (χ1) is 13.0. The molecule has 7 heteroatoms. The summed E-state index contributed by atoms with van der Waals surface area (Å²) in [7, 11) is 0. The minimum absolute atomic E-state index is 0.0459. The van der Waals surface area contributed by atoms with E-state index in [1.54, 1.807) is 41.3 Å². The lowest BCUT2D eigenvalue weighted by Crippen LogP contribution is -2.46. The Balaban J connectivity index is 1.55. The molecule has 27 heavy (non-hydrogen) atoms. The Morgan fingerprint density at radius 1 is 0.926 bits per heavy atom. The largest absolute Gasteiger partial charge is 0.351 e. The topological polar surface area (TPSA) is 105 Å². The van der Waals surface area contributed by atoms with Crippen LogP contribution in [0, 0.1) is 0 Å². The zero-order chi connectivity index (χ0) is 19.2. The highest BCUT2D eigenvalue weighted by Gasteiger charge is 2.25. The van der Waals surface area contributed by atoms with E-state index in [0.717, 1.165) is 0 Å². The average Bonchev–Trinajstić information content (AvgIpc) is 2.68. The van der Waals surface area contributed by atoms with Crippen molar-refractivity contribution in [2.45, 2.75) is 18.9 Å². The number of nitrogens with one attached hydrogen (secondary N) is 2. The maximum atomic E-state index is 12.7. The number of rotatable bonds is 4. The van der Waals surface area contributed by atoms with Gasteiger partial charge in [-0.05, 0) is 43.2 Å². The molecule has 4 N–H and O–H groups in total. The Morgan fingerprint density at radius 3 is 2.26 bits per heavy atom. The quantitative estimate of drug-likeness (QED) is 0.772. The molecule has 0 saturated carbocycles. The number of hydrogen-bond acceptors (Lipinski definition) is 3. The maximum Gasteiger partial charge on any atom is 0.316 e. The molecule has 3 rings (SSSR count). The summed E-state index contributed by atoms with van der Waals surface area (Å²) in [6, 6.07) is 15.2. The fourth-order valence-corrected chi connectivity index (χ4v) is 3.14. The Labute approximate surface area is 157 Å². The molecule has 1 heterocycles. The van der Waals surface area contributed by atoms with Gasteiger partial charge >= 0.3 is 6.03 Å². The molecule has 0 bridgehead atoms. The summed E-state index contributed by atoms with van der Waals surface area (Å²) in [5.41, 5.74) is 6.72. The molecular weight excluding hydrogens is 344 g/mol. The molecule has 140 valence electrons. The summed E-state index contributed by atoms with van der Waals surface area (Å²) in [6.45, 7) is 1.12. The third-order valence-electron chi connectivity index (χ3n) is 4.53. The number of piperidine rings is 1. The van der Waals surface area contributed by atoms with Crippen LogP contribution in [0.1, 0.15) is 33.6 Å². The second-order valence-electron chi connectivity index (χ2n) is 6.48. The lowest BCUT2D eigenvalue weighted by molar-refractivity contribution is 0.0698. The van der Waals surface area contributed by atoms with Crippen molar-refractivity contribution >= 4 is 23.5 Å². The molecule has 1 aliphatic rings. The summed E-state index contributed by atoms with van der Waals surface area (Å²) < 4.78 is 0. The molecule has 2 aromatic rings. The van der Waals surface area contributed by atoms with Gasteiger partial charge in [0.2, 0.25) is 0 Å². The predicted octanol–water partition coefficient (Wildman–Crippen LogP) is 2.21. The number of carbonyl (C=O) groups is 3. The van der Waals surface area contributed by atoms with Crippen LogP contribution in [0.25, 0.3) is 0 Å². The number of primary amides is 1. The molecule has 0 aromatic heterocycles. The summed E-state index contributed by atoms with van der Waals surface area (Å²) in [5.74, 6) is -0.193. The fourth-order valence-electron chi connectivity index (χ4n) is 3.14. The Hall–Kier alpha value is -3.35. The van der Waals surface area contributed by atoms with E-state index in [1.165, 1.54) is 0 Å². The predicted molar refractivity (Wildman–Crippen MR) is 102 cm³/mol. The van der Waals surface area contributed by atoms with Crippen molar-refractivity contribution in [3.05, 3.63) is 65.7 Å². The lowest BCUT2D eigenvalue weighted by atomic mass is 10.0. The second kappa shape index (κ2) is 8.35. The van der Waals surface area contributed by atoms with Crippen molar-refractivity contribution in [3.8, 4) is 0 Å². The zero-order valence-electron chi connectivity index (χ0n) is 14.9. The monoisotopic (exact) mass is 366 g/mol. The SMILES string of the molecule is NC(=O)Nc1cccc(C(=O)N2CCC(NC(=O)c3ccccc3)CC2)c1. The summed E-state index contributed by atoms with van der Waals surface area (Å²) in [5, 5.41) is 5.49. The van der Waals surface area contributed by atoms with Gasteiger partial charge in [0.15, 0.2) is 0 Å². The van der Waals surface area contributed by atoms with Crippen molar-refractivity contribution in [1.82, 2.24) is 10.2 Å². The molecule has 2 aromatic carbocycles. The van der Waals surface area contributed by atoms with E-state index in [4.69, 9.17) is 5.73 Å². The summed E-state index contributed by atoms with van der Waals surface area (Å²) in [6.07, 6.45) is 1.40. The molecule has 1 fully saturated rings. The van der Waals surface area contributed by atoms with Gasteiger partial charge in [0.25, 0.3) is 11.8 Å². The standard InChI is InChI=1S/C20H22N4O3/c21-20(27)23-17-8-4-7-15(13-17)19(26)24-11-9-16(10-12-24)22-18(25)14-5-2-1-3-6-14/h1-8,13,16H,9-12H2,(H,22,25)(H3,21,23,27). The molecule has 0 aliphatic carbocycles. The Morgan fingerprint density at radius 2 is 1.59 bits per heavy atom. The van der Waals surface area contributed by atoms with Crippen molar-refractivity contribution in [3.63, 3.8) is 0 Å². The van der Waals surface area contributed by atoms with Crippen LogP contribution in [0.3, 0.4) is 0 Å². The molecule has 7 nitrogen and oxygen atoms in total. The van der Waals surface area contributed by atoms with Crippen LogP contribution < -0.4 is 16.4 Å². The molecule has 1 aliphatic heterocycles. The number of nitrogens with zero attached hydrogens (tertiary/aromatic N) is 1. The number of benzene rings is 2. The van der Waals surface area contributed by atoms with E-state index >= 15 is 0 Å². The molecule has 0 atom stereocenters. The smallest absolute Gasteiger partial charge is 0.316 e. The van der Waals surface area contributed by atoms with E-state index in [2.05, 4.69) is 10.6 Å². The number of anilines is 1. The van der Waals surface area contributed by atoms with Crippen molar-refractivity contribution in [2.75, 3.05) is 18.4 Å². The number of likely N-dealkylation sites (tertiary alicyclic amines) is 1. The number of amides is 4. The highest BCUT2D eigenvalue weighted by molar-refractivity contribution is 5.97. The number of nitrogens with two attached hydrogens (primary N) is 1. The first-order valence-corrected chi connectivity index (χ1v) is 8.84. The van der Waals surface area contributed by atoms with E-state index in [9.17, 15) is 14.4 Å². The van der Waals surface area contributed by atoms with Gasteiger partial charge in [-0.3, -0.25) is 9.59 Å². The van der Waals surface area contributed by atoms with Crippen LogP contribution >= 0.6 is 0 Å². The summed E-state index contributed by atoms with van der Waals surface area (Å²) >= 11 is 0. The molecular formula is C20H22N4O3. The highest BCUT2D eigenvalue weighted by atomic mass is 16.2. The molecule has 0 radical (unpaired) electrons. The molecule has 0 unspecified atom stereocenters. The fraction of sp³-hybridized carbons (Fsp3) is 0.250. The third-order valence-corrected chi connectivity index (χ3v) is 4.53. The molecule has 0 spiro atoms. The minimum Gasteiger partial charge on any atom is -0.351 e. The number of hydrogen-bond donors (Lipinski definition) is 3. The van der Waals surface area contributed by atoms with Crippen molar-refractivity contribution < 1.29 is 14.4 Å². The molecule has 1 saturated heterocycles. The van der Waals surface area contributed by atoms with E-state index in [1.807, 2.05) is 18.2 Å². The van der Waals surface area contributed by atoms with Gasteiger partial charge < -0.3 is 21.3 Å². The van der Waals surface area contributed by atoms with Gasteiger partial charge in [0.05, 0.1) is 0 Å². The van der Waals surface area contributed by atoms with Crippen LogP contribution in [-0.4, -0.2) is 41.9 Å². The van der Waals surface area contributed by atoms with Crippen LogP contribution in [0.5, 0.6) is 0 Å². The van der Waals surface area contributed by atoms with Gasteiger partial charge in [-0.15, -0.1) is 0 Å². The summed E-state index contributed by atoms with van der Waals surface area (Å²) in [4.78, 5) is 37.6. The molecule has 4 amide bonds. The van der Waals surface area contributed by atoms with Gasteiger partial charge in [-0.25, -0.2) is 4.79 Å². The van der Waals surface area contributed by atoms with Crippen molar-refractivity contribution in [1.29, 1.82) is 0 Å². The third kappa shape index (κ3) is 4.84. The maximum absolute atomic E-state index is 12.7. The van der Waals surface area contributed by atoms with Gasteiger partial charge in [0.1, 0.15) is 0 Å². The Kier molecular flexibility index (Phi) is 5.71. The zero-order valence-corrected chi connectivity index (χ0v) is 14.9. The first kappa shape index (κ1) is 18.4. The van der Waals surface area contributed by atoms with Crippen LogP contribution in [-0.2, 0) is 0 Å². The highest BCUT2D eigenvalue weighted by Crippen LogP contribution is 2.17. The Bertz CT molecular complexity index is 830. The van der Waals surface area contributed by atoms with Crippen LogP contribution in [0.2, 0.25) is 0 Å². The number of urea groups is 1.